The summed E-state index contributed by atoms with van der Waals surface area (Å²) in [5.74, 6) is 0.0674. The van der Waals surface area contributed by atoms with Crippen LogP contribution in [0, 0.1) is 0 Å². The molecule has 1 fully saturated rings. The second-order valence-corrected chi connectivity index (χ2v) is 10.2. The van der Waals surface area contributed by atoms with Crippen molar-refractivity contribution in [2.24, 2.45) is 0 Å². The standard InChI is InChI=1S/C31H35N3O5/c1-3-4-5-17-38-25-10-7-22(8-11-25)28-27(29(35)23-9-12-26-24(19-23)18-21(2)39-26)30(36)31(37)34(28)15-6-14-33-16-13-32-20-33/h7-13,16,19-21,28,35H,3-6,14-15,17-18H2,1-2H3/b29-27+/t21-,28-/m0/s1. The highest BCUT2D eigenvalue weighted by Crippen LogP contribution is 2.41. The van der Waals surface area contributed by atoms with Crippen molar-refractivity contribution in [1.82, 2.24) is 14.5 Å². The van der Waals surface area contributed by atoms with Gasteiger partial charge < -0.3 is 24.0 Å². The number of hydrogen-bond donors (Lipinski definition) is 1. The molecular formula is C31H35N3O5. The van der Waals surface area contributed by atoms with Gasteiger partial charge in [-0.3, -0.25) is 9.59 Å². The number of carbonyl (C=O) groups excluding carboxylic acids is 2. The van der Waals surface area contributed by atoms with Crippen molar-refractivity contribution in [3.63, 3.8) is 0 Å². The highest BCUT2D eigenvalue weighted by molar-refractivity contribution is 6.46. The molecule has 0 unspecified atom stereocenters. The predicted molar refractivity (Wildman–Crippen MR) is 148 cm³/mol. The van der Waals surface area contributed by atoms with E-state index in [0.29, 0.717) is 31.7 Å². The van der Waals surface area contributed by atoms with Crippen LogP contribution in [-0.2, 0) is 22.6 Å². The number of aryl methyl sites for hydroxylation is 1. The monoisotopic (exact) mass is 529 g/mol. The number of unbranched alkanes of at least 4 members (excludes halogenated alkanes) is 2. The molecule has 3 heterocycles. The third-order valence-electron chi connectivity index (χ3n) is 7.30. The normalized spacial score (nSPS) is 19.8. The van der Waals surface area contributed by atoms with Crippen molar-refractivity contribution >= 4 is 17.4 Å². The number of likely N-dealkylation sites (tertiary alicyclic amines) is 1. The van der Waals surface area contributed by atoms with E-state index in [0.717, 1.165) is 48.3 Å². The van der Waals surface area contributed by atoms with Crippen LogP contribution in [0.15, 0.2) is 66.8 Å². The highest BCUT2D eigenvalue weighted by atomic mass is 16.5. The van der Waals surface area contributed by atoms with Crippen molar-refractivity contribution in [2.75, 3.05) is 13.2 Å². The van der Waals surface area contributed by atoms with Gasteiger partial charge in [-0.2, -0.15) is 0 Å². The third-order valence-corrected chi connectivity index (χ3v) is 7.30. The molecular weight excluding hydrogens is 494 g/mol. The van der Waals surface area contributed by atoms with Gasteiger partial charge in [0.25, 0.3) is 11.7 Å². The fraction of sp³-hybridized carbons (Fsp3) is 0.387. The summed E-state index contributed by atoms with van der Waals surface area (Å²) < 4.78 is 13.6. The zero-order valence-corrected chi connectivity index (χ0v) is 22.5. The molecule has 0 aliphatic carbocycles. The minimum absolute atomic E-state index is 0.0566. The average molecular weight is 530 g/mol. The summed E-state index contributed by atoms with van der Waals surface area (Å²) in [7, 11) is 0. The molecule has 39 heavy (non-hydrogen) atoms. The average Bonchev–Trinajstić information content (AvgIpc) is 3.65. The Labute approximate surface area is 228 Å². The van der Waals surface area contributed by atoms with Gasteiger partial charge in [-0.1, -0.05) is 31.9 Å². The predicted octanol–water partition coefficient (Wildman–Crippen LogP) is 5.29. The molecule has 2 atom stereocenters. The molecule has 0 bridgehead atoms. The van der Waals surface area contributed by atoms with Crippen LogP contribution in [0.2, 0.25) is 0 Å². The van der Waals surface area contributed by atoms with Gasteiger partial charge in [-0.05, 0) is 61.2 Å². The number of imidazole rings is 1. The van der Waals surface area contributed by atoms with Crippen LogP contribution in [0.3, 0.4) is 0 Å². The molecule has 204 valence electrons. The van der Waals surface area contributed by atoms with Gasteiger partial charge in [0.2, 0.25) is 0 Å². The summed E-state index contributed by atoms with van der Waals surface area (Å²) in [5.41, 5.74) is 2.33. The lowest BCUT2D eigenvalue weighted by atomic mass is 9.94. The highest BCUT2D eigenvalue weighted by Gasteiger charge is 2.45. The molecule has 1 saturated heterocycles. The number of aliphatic hydroxyl groups is 1. The second kappa shape index (κ2) is 11.8. The molecule has 2 aromatic carbocycles. The summed E-state index contributed by atoms with van der Waals surface area (Å²) in [6.07, 6.45) is 9.93. The van der Waals surface area contributed by atoms with Crippen molar-refractivity contribution in [2.45, 2.75) is 64.6 Å². The number of rotatable bonds is 11. The molecule has 0 radical (unpaired) electrons. The van der Waals surface area contributed by atoms with Crippen molar-refractivity contribution in [3.8, 4) is 11.5 Å². The van der Waals surface area contributed by atoms with Crippen LogP contribution >= 0.6 is 0 Å². The number of hydrogen-bond acceptors (Lipinski definition) is 6. The largest absolute Gasteiger partial charge is 0.507 e. The van der Waals surface area contributed by atoms with Crippen LogP contribution in [0.25, 0.3) is 5.76 Å². The summed E-state index contributed by atoms with van der Waals surface area (Å²) >= 11 is 0. The molecule has 2 aliphatic heterocycles. The van der Waals surface area contributed by atoms with E-state index in [-0.39, 0.29) is 17.4 Å². The van der Waals surface area contributed by atoms with Crippen LogP contribution in [0.5, 0.6) is 11.5 Å². The number of aliphatic hydroxyl groups excluding tert-OH is 1. The number of aromatic nitrogens is 2. The minimum atomic E-state index is -0.703. The number of fused-ring (bicyclic) bond motifs is 1. The number of carbonyl (C=O) groups is 2. The molecule has 5 rings (SSSR count). The molecule has 0 spiro atoms. The number of ketones is 1. The molecule has 1 aromatic heterocycles. The molecule has 0 saturated carbocycles. The smallest absolute Gasteiger partial charge is 0.295 e. The Morgan fingerprint density at radius 1 is 1.10 bits per heavy atom. The first-order valence-corrected chi connectivity index (χ1v) is 13.7. The first-order chi connectivity index (χ1) is 19.0. The number of ether oxygens (including phenoxy) is 2. The van der Waals surface area contributed by atoms with E-state index < -0.39 is 17.7 Å². The van der Waals surface area contributed by atoms with Crippen LogP contribution in [0.4, 0.5) is 0 Å². The van der Waals surface area contributed by atoms with Crippen LogP contribution < -0.4 is 9.47 Å². The summed E-state index contributed by atoms with van der Waals surface area (Å²) in [4.78, 5) is 32.3. The minimum Gasteiger partial charge on any atom is -0.507 e. The maximum absolute atomic E-state index is 13.4. The number of nitrogens with zero attached hydrogens (tertiary/aromatic N) is 3. The van der Waals surface area contributed by atoms with Gasteiger partial charge in [-0.25, -0.2) is 4.98 Å². The summed E-state index contributed by atoms with van der Waals surface area (Å²) in [6.45, 7) is 5.79. The molecule has 8 heteroatoms. The first-order valence-electron chi connectivity index (χ1n) is 13.7. The third kappa shape index (κ3) is 5.70. The van der Waals surface area contributed by atoms with Crippen molar-refractivity contribution in [1.29, 1.82) is 0 Å². The first kappa shape index (κ1) is 26.5. The fourth-order valence-electron chi connectivity index (χ4n) is 5.31. The van der Waals surface area contributed by atoms with Gasteiger partial charge in [0.05, 0.1) is 24.5 Å². The molecule has 3 aromatic rings. The van der Waals surface area contributed by atoms with E-state index in [2.05, 4.69) is 11.9 Å². The Morgan fingerprint density at radius 2 is 1.92 bits per heavy atom. The van der Waals surface area contributed by atoms with Gasteiger partial charge in [0.15, 0.2) is 0 Å². The Balaban J connectivity index is 1.46. The van der Waals surface area contributed by atoms with Crippen molar-refractivity contribution in [3.05, 3.63) is 83.4 Å². The van der Waals surface area contributed by atoms with Crippen molar-refractivity contribution < 1.29 is 24.2 Å². The Hall–Kier alpha value is -4.07. The Kier molecular flexibility index (Phi) is 8.00. The lowest BCUT2D eigenvalue weighted by Gasteiger charge is -2.25. The lowest BCUT2D eigenvalue weighted by Crippen LogP contribution is -2.31. The van der Waals surface area contributed by atoms with Crippen LogP contribution in [-0.4, -0.2) is 50.5 Å². The Bertz CT molecular complexity index is 1350. The van der Waals surface area contributed by atoms with E-state index in [1.165, 1.54) is 0 Å². The van der Waals surface area contributed by atoms with E-state index >= 15 is 0 Å². The zero-order valence-electron chi connectivity index (χ0n) is 22.5. The Morgan fingerprint density at radius 3 is 2.67 bits per heavy atom. The molecule has 1 N–H and O–H groups in total. The number of benzene rings is 2. The quantitative estimate of drug-likeness (QED) is 0.157. The molecule has 1 amide bonds. The molecule has 2 aliphatic rings. The van der Waals surface area contributed by atoms with E-state index in [1.54, 1.807) is 23.5 Å². The summed E-state index contributed by atoms with van der Waals surface area (Å²) in [6, 6.07) is 12.2. The number of amides is 1. The van der Waals surface area contributed by atoms with E-state index in [1.807, 2.05) is 54.1 Å². The topological polar surface area (TPSA) is 93.9 Å². The SMILES string of the molecule is CCCCCOc1ccc([C@H]2/C(=C(\O)c3ccc4c(c3)C[C@H](C)O4)C(=O)C(=O)N2CCCn2ccnc2)cc1. The number of Topliss-reactive ketones (excluding diaryl/α,β-unsaturated/α-hetero) is 1. The summed E-state index contributed by atoms with van der Waals surface area (Å²) in [5, 5.41) is 11.5. The maximum atomic E-state index is 13.4. The van der Waals surface area contributed by atoms with Gasteiger partial charge >= 0.3 is 0 Å². The fourth-order valence-corrected chi connectivity index (χ4v) is 5.31. The van der Waals surface area contributed by atoms with E-state index in [4.69, 9.17) is 9.47 Å². The maximum Gasteiger partial charge on any atom is 0.295 e. The zero-order chi connectivity index (χ0) is 27.4. The van der Waals surface area contributed by atoms with Crippen LogP contribution in [0.1, 0.15) is 62.3 Å². The lowest BCUT2D eigenvalue weighted by molar-refractivity contribution is -0.139. The second-order valence-electron chi connectivity index (χ2n) is 10.2. The van der Waals surface area contributed by atoms with Gasteiger partial charge in [0, 0.05) is 37.5 Å². The van der Waals surface area contributed by atoms with Gasteiger partial charge in [-0.15, -0.1) is 0 Å². The molecule has 8 nitrogen and oxygen atoms in total. The van der Waals surface area contributed by atoms with E-state index in [9.17, 15) is 14.7 Å². The van der Waals surface area contributed by atoms with Gasteiger partial charge in [0.1, 0.15) is 23.4 Å².